The molecule has 84 valence electrons. The number of hydrogen-bond acceptors (Lipinski definition) is 2. The van der Waals surface area contributed by atoms with Crippen LogP contribution in [-0.2, 0) is 0 Å². The zero-order valence-corrected chi connectivity index (χ0v) is 9.34. The summed E-state index contributed by atoms with van der Waals surface area (Å²) in [6.07, 6.45) is -2.20. The summed E-state index contributed by atoms with van der Waals surface area (Å²) < 4.78 is 13.4. The van der Waals surface area contributed by atoms with Crippen LogP contribution in [0.4, 0.5) is 4.39 Å². The second-order valence-corrected chi connectivity index (χ2v) is 3.92. The molecule has 15 heavy (non-hydrogen) atoms. The van der Waals surface area contributed by atoms with Gasteiger partial charge in [-0.25, -0.2) is 4.39 Å². The molecule has 5 heteroatoms. The predicted molar refractivity (Wildman–Crippen MR) is 57.7 cm³/mol. The molecule has 2 atom stereocenters. The first-order valence-corrected chi connectivity index (χ1v) is 5.35. The monoisotopic (exact) mass is 252 g/mol. The molecule has 0 aromatic heterocycles. The maximum atomic E-state index is 13.4. The predicted octanol–water partition coefficient (Wildman–Crippen LogP) is 2.50. The number of alkyl halides is 1. The maximum Gasteiger partial charge on any atom is 0.147 e. The molecule has 2 N–H and O–H groups in total. The van der Waals surface area contributed by atoms with E-state index in [1.807, 2.05) is 0 Å². The van der Waals surface area contributed by atoms with Crippen molar-refractivity contribution in [2.75, 3.05) is 5.88 Å². The molecule has 1 rings (SSSR count). The van der Waals surface area contributed by atoms with E-state index in [1.54, 1.807) is 0 Å². The lowest BCUT2D eigenvalue weighted by atomic mass is 10.0. The van der Waals surface area contributed by atoms with E-state index in [2.05, 4.69) is 0 Å². The van der Waals surface area contributed by atoms with Crippen molar-refractivity contribution in [1.82, 2.24) is 0 Å². The number of halogens is 3. The van der Waals surface area contributed by atoms with Crippen LogP contribution in [0.1, 0.15) is 18.1 Å². The van der Waals surface area contributed by atoms with Crippen LogP contribution in [0.3, 0.4) is 0 Å². The molecule has 2 unspecified atom stereocenters. The van der Waals surface area contributed by atoms with Gasteiger partial charge in [-0.1, -0.05) is 23.7 Å². The van der Waals surface area contributed by atoms with Crippen molar-refractivity contribution >= 4 is 23.2 Å². The van der Waals surface area contributed by atoms with Crippen LogP contribution in [0.15, 0.2) is 18.2 Å². The van der Waals surface area contributed by atoms with Gasteiger partial charge in [-0.05, 0) is 12.5 Å². The Bertz CT molecular complexity index is 333. The Morgan fingerprint density at radius 2 is 2.00 bits per heavy atom. The van der Waals surface area contributed by atoms with Crippen molar-refractivity contribution in [2.45, 2.75) is 18.6 Å². The van der Waals surface area contributed by atoms with Gasteiger partial charge in [0, 0.05) is 11.4 Å². The zero-order valence-electron chi connectivity index (χ0n) is 7.83. The van der Waals surface area contributed by atoms with E-state index in [0.29, 0.717) is 0 Å². The quantitative estimate of drug-likeness (QED) is 0.809. The molecule has 0 saturated carbocycles. The van der Waals surface area contributed by atoms with Crippen molar-refractivity contribution in [3.63, 3.8) is 0 Å². The zero-order chi connectivity index (χ0) is 11.4. The second kappa shape index (κ2) is 5.66. The van der Waals surface area contributed by atoms with Crippen LogP contribution in [0.2, 0.25) is 5.02 Å². The van der Waals surface area contributed by atoms with Crippen molar-refractivity contribution in [3.05, 3.63) is 34.6 Å². The lowest BCUT2D eigenvalue weighted by Crippen LogP contribution is -2.19. The summed E-state index contributed by atoms with van der Waals surface area (Å²) in [5.41, 5.74) is -0.0138. The Morgan fingerprint density at radius 3 is 2.60 bits per heavy atom. The lowest BCUT2D eigenvalue weighted by Gasteiger charge is -2.17. The number of aliphatic hydroxyl groups excluding tert-OH is 2. The number of aliphatic hydroxyl groups is 2. The van der Waals surface area contributed by atoms with E-state index in [9.17, 15) is 14.6 Å². The topological polar surface area (TPSA) is 40.5 Å². The molecule has 1 aromatic rings. The van der Waals surface area contributed by atoms with Crippen LogP contribution < -0.4 is 0 Å². The van der Waals surface area contributed by atoms with Crippen molar-refractivity contribution in [1.29, 1.82) is 0 Å². The number of rotatable bonds is 4. The molecule has 0 amide bonds. The Kier molecular flexibility index (Phi) is 4.80. The fraction of sp³-hybridized carbons (Fsp3) is 0.400. The van der Waals surface area contributed by atoms with Crippen molar-refractivity contribution in [3.8, 4) is 0 Å². The first kappa shape index (κ1) is 12.7. The third-order valence-corrected chi connectivity index (χ3v) is 2.58. The average molecular weight is 253 g/mol. The minimum atomic E-state index is -1.30. The highest BCUT2D eigenvalue weighted by molar-refractivity contribution is 6.30. The van der Waals surface area contributed by atoms with Gasteiger partial charge in [0.2, 0.25) is 0 Å². The first-order chi connectivity index (χ1) is 7.07. The van der Waals surface area contributed by atoms with Crippen LogP contribution in [0, 0.1) is 5.82 Å². The average Bonchev–Trinajstić information content (AvgIpc) is 2.21. The number of benzene rings is 1. The minimum absolute atomic E-state index is 0.0138. The van der Waals surface area contributed by atoms with Crippen LogP contribution in [0.5, 0.6) is 0 Å². The summed E-state index contributed by atoms with van der Waals surface area (Å²) in [6.45, 7) is 0. The summed E-state index contributed by atoms with van der Waals surface area (Å²) in [5.74, 6) is -0.513. The molecule has 0 saturated heterocycles. The molecule has 0 spiro atoms. The van der Waals surface area contributed by atoms with Gasteiger partial charge in [0.25, 0.3) is 0 Å². The van der Waals surface area contributed by atoms with E-state index in [1.165, 1.54) is 18.2 Å². The third-order valence-electron chi connectivity index (χ3n) is 2.07. The summed E-state index contributed by atoms with van der Waals surface area (Å²) >= 11 is 11.0. The van der Waals surface area contributed by atoms with E-state index in [-0.39, 0.29) is 22.9 Å². The molecule has 1 aromatic carbocycles. The maximum absolute atomic E-state index is 13.4. The van der Waals surface area contributed by atoms with Crippen molar-refractivity contribution < 1.29 is 14.6 Å². The summed E-state index contributed by atoms with van der Waals surface area (Å²) in [4.78, 5) is 0. The Hall–Kier alpha value is -0.350. The smallest absolute Gasteiger partial charge is 0.147 e. The SMILES string of the molecule is OC(CCCl)C(O)c1cccc(Cl)c1F. The fourth-order valence-electron chi connectivity index (χ4n) is 1.23. The van der Waals surface area contributed by atoms with Crippen LogP contribution in [-0.4, -0.2) is 22.2 Å². The van der Waals surface area contributed by atoms with Crippen LogP contribution in [0.25, 0.3) is 0 Å². The van der Waals surface area contributed by atoms with E-state index < -0.39 is 18.0 Å². The van der Waals surface area contributed by atoms with Gasteiger partial charge in [-0.2, -0.15) is 0 Å². The molecule has 0 aliphatic heterocycles. The highest BCUT2D eigenvalue weighted by atomic mass is 35.5. The Morgan fingerprint density at radius 1 is 1.33 bits per heavy atom. The Balaban J connectivity index is 2.90. The van der Waals surface area contributed by atoms with Crippen molar-refractivity contribution in [2.24, 2.45) is 0 Å². The molecular formula is C10H11Cl2FO2. The molecule has 0 heterocycles. The van der Waals surface area contributed by atoms with Gasteiger partial charge < -0.3 is 10.2 Å². The first-order valence-electron chi connectivity index (χ1n) is 4.44. The van der Waals surface area contributed by atoms with Gasteiger partial charge in [-0.3, -0.25) is 0 Å². The largest absolute Gasteiger partial charge is 0.390 e. The third kappa shape index (κ3) is 3.05. The van der Waals surface area contributed by atoms with Gasteiger partial charge in [0.05, 0.1) is 11.1 Å². The van der Waals surface area contributed by atoms with Gasteiger partial charge in [0.1, 0.15) is 11.9 Å². The highest BCUT2D eigenvalue weighted by Gasteiger charge is 2.21. The molecule has 0 radical (unpaired) electrons. The lowest BCUT2D eigenvalue weighted by molar-refractivity contribution is 0.0149. The molecule has 2 nitrogen and oxygen atoms in total. The van der Waals surface area contributed by atoms with E-state index in [4.69, 9.17) is 23.2 Å². The minimum Gasteiger partial charge on any atom is -0.390 e. The fourth-order valence-corrected chi connectivity index (χ4v) is 1.63. The van der Waals surface area contributed by atoms with E-state index in [0.717, 1.165) is 0 Å². The van der Waals surface area contributed by atoms with Crippen LogP contribution >= 0.6 is 23.2 Å². The molecule has 0 aliphatic rings. The molecular weight excluding hydrogens is 242 g/mol. The van der Waals surface area contributed by atoms with Gasteiger partial charge >= 0.3 is 0 Å². The Labute approximate surface area is 97.3 Å². The van der Waals surface area contributed by atoms with E-state index >= 15 is 0 Å². The standard InChI is InChI=1S/C10H11Cl2FO2/c11-5-4-8(14)10(15)6-2-1-3-7(12)9(6)13/h1-3,8,10,14-15H,4-5H2. The molecule has 0 fully saturated rings. The summed E-state index contributed by atoms with van der Waals surface area (Å²) in [7, 11) is 0. The number of hydrogen-bond donors (Lipinski definition) is 2. The van der Waals surface area contributed by atoms with Gasteiger partial charge in [0.15, 0.2) is 0 Å². The summed E-state index contributed by atoms with van der Waals surface area (Å²) in [5, 5.41) is 19.0. The van der Waals surface area contributed by atoms with Gasteiger partial charge in [-0.15, -0.1) is 11.6 Å². The molecule has 0 bridgehead atoms. The molecule has 0 aliphatic carbocycles. The second-order valence-electron chi connectivity index (χ2n) is 3.13. The highest BCUT2D eigenvalue weighted by Crippen LogP contribution is 2.26. The summed E-state index contributed by atoms with van der Waals surface area (Å²) in [6, 6.07) is 4.27. The normalized spacial score (nSPS) is 15.0.